The van der Waals surface area contributed by atoms with E-state index in [-0.39, 0.29) is 0 Å². The fraction of sp³-hybridized carbons (Fsp3) is 0.438. The summed E-state index contributed by atoms with van der Waals surface area (Å²) >= 11 is 0. The van der Waals surface area contributed by atoms with E-state index in [1.807, 2.05) is 30.6 Å². The Morgan fingerprint density at radius 1 is 1.19 bits per heavy atom. The molecule has 0 N–H and O–H groups in total. The van der Waals surface area contributed by atoms with Crippen LogP contribution in [0.4, 0.5) is 0 Å². The molecule has 1 aromatic carbocycles. The number of nitrogens with zero attached hydrogens (tertiary/aromatic N) is 2. The normalized spacial score (nSPS) is 15.9. The third-order valence-corrected chi connectivity index (χ3v) is 3.90. The molecule has 112 valence electrons. The highest BCUT2D eigenvalue weighted by atomic mass is 16.5. The number of methoxy groups -OCH3 is 2. The molecule has 5 heteroatoms. The molecule has 1 saturated heterocycles. The number of benzene rings is 1. The maximum absolute atomic E-state index is 5.53. The molecule has 0 bridgehead atoms. The number of imidazole rings is 1. The van der Waals surface area contributed by atoms with Crippen LogP contribution in [0.1, 0.15) is 18.9 Å². The molecule has 5 nitrogen and oxygen atoms in total. The van der Waals surface area contributed by atoms with Gasteiger partial charge in [-0.25, -0.2) is 4.98 Å². The van der Waals surface area contributed by atoms with Crippen LogP contribution in [0.15, 0.2) is 30.6 Å². The number of aromatic nitrogens is 2. The Morgan fingerprint density at radius 3 is 2.71 bits per heavy atom. The lowest BCUT2D eigenvalue weighted by Crippen LogP contribution is -2.19. The quantitative estimate of drug-likeness (QED) is 0.868. The van der Waals surface area contributed by atoms with Gasteiger partial charge < -0.3 is 18.8 Å². The van der Waals surface area contributed by atoms with Crippen molar-refractivity contribution in [1.29, 1.82) is 0 Å². The van der Waals surface area contributed by atoms with Crippen molar-refractivity contribution >= 4 is 0 Å². The number of ether oxygens (including phenoxy) is 3. The zero-order valence-electron chi connectivity index (χ0n) is 12.4. The van der Waals surface area contributed by atoms with Gasteiger partial charge >= 0.3 is 0 Å². The summed E-state index contributed by atoms with van der Waals surface area (Å²) in [7, 11) is 3.30. The van der Waals surface area contributed by atoms with Gasteiger partial charge in [0.15, 0.2) is 11.5 Å². The zero-order valence-corrected chi connectivity index (χ0v) is 12.4. The molecule has 0 radical (unpaired) electrons. The molecule has 0 amide bonds. The van der Waals surface area contributed by atoms with E-state index in [4.69, 9.17) is 14.2 Å². The molecule has 1 aromatic heterocycles. The van der Waals surface area contributed by atoms with Crippen LogP contribution in [0.25, 0.3) is 11.4 Å². The van der Waals surface area contributed by atoms with E-state index in [0.29, 0.717) is 6.04 Å². The first-order chi connectivity index (χ1) is 10.3. The minimum absolute atomic E-state index is 0.423. The third-order valence-electron chi connectivity index (χ3n) is 3.90. The predicted molar refractivity (Wildman–Crippen MR) is 79.9 cm³/mol. The van der Waals surface area contributed by atoms with Gasteiger partial charge in [0, 0.05) is 31.6 Å². The number of rotatable bonds is 4. The molecule has 0 saturated carbocycles. The lowest BCUT2D eigenvalue weighted by atomic mass is 10.1. The van der Waals surface area contributed by atoms with Crippen LogP contribution in [0.5, 0.6) is 11.5 Å². The van der Waals surface area contributed by atoms with Crippen molar-refractivity contribution in [2.24, 2.45) is 0 Å². The Hall–Kier alpha value is -2.01. The Labute approximate surface area is 124 Å². The van der Waals surface area contributed by atoms with E-state index in [0.717, 1.165) is 48.9 Å². The first-order valence-corrected chi connectivity index (χ1v) is 7.17. The van der Waals surface area contributed by atoms with Crippen LogP contribution >= 0.6 is 0 Å². The first kappa shape index (κ1) is 13.9. The molecule has 2 aromatic rings. The molecule has 0 spiro atoms. The second kappa shape index (κ2) is 6.18. The predicted octanol–water partition coefficient (Wildman–Crippen LogP) is 2.92. The summed E-state index contributed by atoms with van der Waals surface area (Å²) in [6.07, 6.45) is 5.89. The fourth-order valence-electron chi connectivity index (χ4n) is 2.84. The standard InChI is InChI=1S/C16H20N2O3/c1-19-14-5-3-4-13(15(14)20-2)16-17-8-9-18(16)12-6-10-21-11-7-12/h3-5,8-9,12H,6-7,10-11H2,1-2H3. The fourth-order valence-corrected chi connectivity index (χ4v) is 2.84. The average Bonchev–Trinajstić information content (AvgIpc) is 3.04. The topological polar surface area (TPSA) is 45.5 Å². The maximum atomic E-state index is 5.53. The van der Waals surface area contributed by atoms with Gasteiger partial charge in [-0.1, -0.05) is 6.07 Å². The third kappa shape index (κ3) is 2.61. The summed E-state index contributed by atoms with van der Waals surface area (Å²) in [5.41, 5.74) is 0.952. The summed E-state index contributed by atoms with van der Waals surface area (Å²) in [5, 5.41) is 0. The molecular weight excluding hydrogens is 268 g/mol. The second-order valence-corrected chi connectivity index (χ2v) is 5.04. The van der Waals surface area contributed by atoms with Crippen LogP contribution < -0.4 is 9.47 Å². The van der Waals surface area contributed by atoms with E-state index in [9.17, 15) is 0 Å². The highest BCUT2D eigenvalue weighted by Gasteiger charge is 2.21. The van der Waals surface area contributed by atoms with Crippen LogP contribution in [-0.2, 0) is 4.74 Å². The van der Waals surface area contributed by atoms with Crippen molar-refractivity contribution in [3.05, 3.63) is 30.6 Å². The van der Waals surface area contributed by atoms with Gasteiger partial charge in [-0.15, -0.1) is 0 Å². The van der Waals surface area contributed by atoms with Crippen LogP contribution in [0.2, 0.25) is 0 Å². The SMILES string of the molecule is COc1cccc(-c2nccn2C2CCOCC2)c1OC. The smallest absolute Gasteiger partial charge is 0.171 e. The summed E-state index contributed by atoms with van der Waals surface area (Å²) in [6.45, 7) is 1.61. The van der Waals surface area contributed by atoms with Crippen molar-refractivity contribution in [2.75, 3.05) is 27.4 Å². The van der Waals surface area contributed by atoms with E-state index in [1.54, 1.807) is 14.2 Å². The Kier molecular flexibility index (Phi) is 4.10. The van der Waals surface area contributed by atoms with Crippen molar-refractivity contribution in [3.8, 4) is 22.9 Å². The summed E-state index contributed by atoms with van der Waals surface area (Å²) < 4.78 is 18.6. The van der Waals surface area contributed by atoms with Crippen molar-refractivity contribution in [2.45, 2.75) is 18.9 Å². The van der Waals surface area contributed by atoms with Gasteiger partial charge in [0.25, 0.3) is 0 Å². The van der Waals surface area contributed by atoms with E-state index in [2.05, 4.69) is 9.55 Å². The first-order valence-electron chi connectivity index (χ1n) is 7.17. The highest BCUT2D eigenvalue weighted by molar-refractivity contribution is 5.69. The molecule has 0 aliphatic carbocycles. The van der Waals surface area contributed by atoms with Crippen LogP contribution in [-0.4, -0.2) is 37.0 Å². The lowest BCUT2D eigenvalue weighted by molar-refractivity contribution is 0.0700. The number of para-hydroxylation sites is 1. The highest BCUT2D eigenvalue weighted by Crippen LogP contribution is 2.38. The molecule has 21 heavy (non-hydrogen) atoms. The minimum Gasteiger partial charge on any atom is -0.493 e. The van der Waals surface area contributed by atoms with Gasteiger partial charge in [-0.05, 0) is 25.0 Å². The molecule has 0 atom stereocenters. The Bertz CT molecular complexity index is 603. The molecule has 1 aliphatic heterocycles. The maximum Gasteiger partial charge on any atom is 0.171 e. The van der Waals surface area contributed by atoms with Crippen molar-refractivity contribution in [1.82, 2.24) is 9.55 Å². The Morgan fingerprint density at radius 2 is 2.00 bits per heavy atom. The van der Waals surface area contributed by atoms with Crippen molar-refractivity contribution < 1.29 is 14.2 Å². The van der Waals surface area contributed by atoms with Crippen LogP contribution in [0.3, 0.4) is 0 Å². The van der Waals surface area contributed by atoms with E-state index < -0.39 is 0 Å². The van der Waals surface area contributed by atoms with Gasteiger partial charge in [0.2, 0.25) is 0 Å². The minimum atomic E-state index is 0.423. The van der Waals surface area contributed by atoms with Gasteiger partial charge in [-0.3, -0.25) is 0 Å². The lowest BCUT2D eigenvalue weighted by Gasteiger charge is -2.25. The van der Waals surface area contributed by atoms with E-state index >= 15 is 0 Å². The molecule has 3 rings (SSSR count). The van der Waals surface area contributed by atoms with Gasteiger partial charge in [0.1, 0.15) is 5.82 Å². The summed E-state index contributed by atoms with van der Waals surface area (Å²) in [4.78, 5) is 4.53. The number of hydrogen-bond donors (Lipinski definition) is 0. The molecular formula is C16H20N2O3. The second-order valence-electron chi connectivity index (χ2n) is 5.04. The largest absolute Gasteiger partial charge is 0.493 e. The Balaban J connectivity index is 2.03. The summed E-state index contributed by atoms with van der Waals surface area (Å²) in [6, 6.07) is 6.29. The monoisotopic (exact) mass is 288 g/mol. The van der Waals surface area contributed by atoms with Gasteiger partial charge in [-0.2, -0.15) is 0 Å². The summed E-state index contributed by atoms with van der Waals surface area (Å²) in [5.74, 6) is 2.36. The average molecular weight is 288 g/mol. The zero-order chi connectivity index (χ0) is 14.7. The molecule has 2 heterocycles. The molecule has 0 unspecified atom stereocenters. The number of hydrogen-bond acceptors (Lipinski definition) is 4. The van der Waals surface area contributed by atoms with Crippen LogP contribution in [0, 0.1) is 0 Å². The molecule has 1 aliphatic rings. The van der Waals surface area contributed by atoms with Crippen molar-refractivity contribution in [3.63, 3.8) is 0 Å². The van der Waals surface area contributed by atoms with Gasteiger partial charge in [0.05, 0.1) is 19.8 Å². The molecule has 1 fully saturated rings. The van der Waals surface area contributed by atoms with E-state index in [1.165, 1.54) is 0 Å².